The van der Waals surface area contributed by atoms with Crippen molar-refractivity contribution in [1.82, 2.24) is 9.80 Å². The van der Waals surface area contributed by atoms with Crippen LogP contribution in [0.2, 0.25) is 0 Å². The van der Waals surface area contributed by atoms with Gasteiger partial charge in [-0.2, -0.15) is 0 Å². The number of rotatable bonds is 3. The molecule has 0 amide bonds. The summed E-state index contributed by atoms with van der Waals surface area (Å²) in [6.07, 6.45) is 2.46. The average molecular weight is 245 g/mol. The smallest absolute Gasteiger partial charge is 0.0375 e. The van der Waals surface area contributed by atoms with Crippen molar-refractivity contribution in [2.75, 3.05) is 45.1 Å². The van der Waals surface area contributed by atoms with E-state index < -0.39 is 0 Å². The number of para-hydroxylation sites is 1. The van der Waals surface area contributed by atoms with Crippen molar-refractivity contribution in [3.8, 4) is 0 Å². The van der Waals surface area contributed by atoms with Gasteiger partial charge in [0.15, 0.2) is 0 Å². The Balaban J connectivity index is 1.46. The highest BCUT2D eigenvalue weighted by molar-refractivity contribution is 5.56. The van der Waals surface area contributed by atoms with E-state index in [1.54, 1.807) is 0 Å². The number of hydrogen-bond acceptors (Lipinski definition) is 3. The third kappa shape index (κ3) is 2.68. The molecule has 0 aromatic heterocycles. The minimum atomic E-state index is 0.641. The minimum absolute atomic E-state index is 0.641. The molecule has 0 spiro atoms. The maximum absolute atomic E-state index is 3.65. The van der Waals surface area contributed by atoms with E-state index in [0.29, 0.717) is 6.04 Å². The van der Waals surface area contributed by atoms with Crippen molar-refractivity contribution < 1.29 is 0 Å². The van der Waals surface area contributed by atoms with Crippen LogP contribution in [0.25, 0.3) is 0 Å². The fraction of sp³-hybridized carbons (Fsp3) is 0.600. The molecule has 18 heavy (non-hydrogen) atoms. The fourth-order valence-electron chi connectivity index (χ4n) is 2.96. The molecule has 1 unspecified atom stereocenters. The van der Waals surface area contributed by atoms with Gasteiger partial charge in [0.1, 0.15) is 0 Å². The Kier molecular flexibility index (Phi) is 3.52. The summed E-state index contributed by atoms with van der Waals surface area (Å²) in [6.45, 7) is 6.14. The molecule has 3 nitrogen and oxygen atoms in total. The number of hydrogen-bond donors (Lipinski definition) is 1. The van der Waals surface area contributed by atoms with Gasteiger partial charge in [-0.25, -0.2) is 0 Å². The van der Waals surface area contributed by atoms with Crippen LogP contribution in [0.1, 0.15) is 12.0 Å². The van der Waals surface area contributed by atoms with E-state index in [-0.39, 0.29) is 0 Å². The van der Waals surface area contributed by atoms with E-state index in [2.05, 4.69) is 46.4 Å². The predicted octanol–water partition coefficient (Wildman–Crippen LogP) is 1.66. The molecule has 1 atom stereocenters. The van der Waals surface area contributed by atoms with Crippen LogP contribution in [-0.2, 0) is 6.42 Å². The lowest BCUT2D eigenvalue weighted by atomic mass is 10.1. The van der Waals surface area contributed by atoms with E-state index in [1.807, 2.05) is 0 Å². The van der Waals surface area contributed by atoms with E-state index in [9.17, 15) is 0 Å². The quantitative estimate of drug-likeness (QED) is 0.874. The molecular weight excluding hydrogens is 222 g/mol. The largest absolute Gasteiger partial charge is 0.382 e. The Bertz CT molecular complexity index is 371. The molecule has 0 saturated carbocycles. The molecule has 0 radical (unpaired) electrons. The lowest BCUT2D eigenvalue weighted by Gasteiger charge is -2.32. The fourth-order valence-corrected chi connectivity index (χ4v) is 2.96. The lowest BCUT2D eigenvalue weighted by molar-refractivity contribution is 0.151. The third-order valence-electron chi connectivity index (χ3n) is 4.23. The van der Waals surface area contributed by atoms with E-state index in [4.69, 9.17) is 0 Å². The second-order valence-electron chi connectivity index (χ2n) is 5.64. The van der Waals surface area contributed by atoms with Crippen molar-refractivity contribution >= 4 is 5.69 Å². The summed E-state index contributed by atoms with van der Waals surface area (Å²) in [5, 5.41) is 3.65. The number of nitrogens with one attached hydrogen (secondary N) is 1. The Morgan fingerprint density at radius 3 is 2.72 bits per heavy atom. The summed E-state index contributed by atoms with van der Waals surface area (Å²) >= 11 is 0. The summed E-state index contributed by atoms with van der Waals surface area (Å²) in [4.78, 5) is 5.02. The Morgan fingerprint density at radius 2 is 1.94 bits per heavy atom. The molecule has 0 aliphatic carbocycles. The first-order chi connectivity index (χ1) is 8.81. The maximum Gasteiger partial charge on any atom is 0.0375 e. The summed E-state index contributed by atoms with van der Waals surface area (Å²) in [5.74, 6) is 0. The van der Waals surface area contributed by atoms with Crippen molar-refractivity contribution in [1.29, 1.82) is 0 Å². The average Bonchev–Trinajstić information content (AvgIpc) is 2.81. The van der Waals surface area contributed by atoms with E-state index in [0.717, 1.165) is 0 Å². The summed E-state index contributed by atoms with van der Waals surface area (Å²) in [6, 6.07) is 9.35. The topological polar surface area (TPSA) is 18.5 Å². The number of likely N-dealkylation sites (N-methyl/N-ethyl adjacent to an activating group) is 1. The van der Waals surface area contributed by atoms with Gasteiger partial charge in [0, 0.05) is 44.5 Å². The van der Waals surface area contributed by atoms with Gasteiger partial charge in [-0.1, -0.05) is 18.2 Å². The zero-order valence-electron chi connectivity index (χ0n) is 11.2. The Hall–Kier alpha value is -1.06. The zero-order valence-corrected chi connectivity index (χ0v) is 11.2. The molecule has 3 heteroatoms. The zero-order chi connectivity index (χ0) is 12.4. The highest BCUT2D eigenvalue weighted by Gasteiger charge is 2.21. The molecule has 1 saturated heterocycles. The monoisotopic (exact) mass is 245 g/mol. The number of anilines is 1. The van der Waals surface area contributed by atoms with Crippen LogP contribution in [-0.4, -0.2) is 55.6 Å². The first-order valence-electron chi connectivity index (χ1n) is 7.06. The van der Waals surface area contributed by atoms with Crippen LogP contribution in [0, 0.1) is 0 Å². The van der Waals surface area contributed by atoms with Gasteiger partial charge in [-0.3, -0.25) is 0 Å². The molecule has 3 rings (SSSR count). The Labute approximate surface area is 110 Å². The number of piperazine rings is 1. The molecule has 2 aliphatic heterocycles. The predicted molar refractivity (Wildman–Crippen MR) is 76.1 cm³/mol. The molecular formula is C15H23N3. The van der Waals surface area contributed by atoms with Crippen molar-refractivity contribution in [3.05, 3.63) is 29.8 Å². The number of fused-ring (bicyclic) bond motifs is 1. The maximum atomic E-state index is 3.65. The number of nitrogens with zero attached hydrogens (tertiary/aromatic N) is 2. The van der Waals surface area contributed by atoms with Gasteiger partial charge in [0.25, 0.3) is 0 Å². The molecule has 1 aromatic carbocycles. The van der Waals surface area contributed by atoms with Crippen LogP contribution in [0.3, 0.4) is 0 Å². The SMILES string of the molecule is CN1CCN(CCC2Cc3ccccc3N2)CC1. The summed E-state index contributed by atoms with van der Waals surface area (Å²) < 4.78 is 0. The van der Waals surface area contributed by atoms with E-state index in [1.165, 1.54) is 56.8 Å². The van der Waals surface area contributed by atoms with Gasteiger partial charge in [0.2, 0.25) is 0 Å². The van der Waals surface area contributed by atoms with Gasteiger partial charge >= 0.3 is 0 Å². The van der Waals surface area contributed by atoms with Crippen LogP contribution in [0.15, 0.2) is 24.3 Å². The highest BCUT2D eigenvalue weighted by atomic mass is 15.2. The number of benzene rings is 1. The third-order valence-corrected chi connectivity index (χ3v) is 4.23. The standard InChI is InChI=1S/C15H23N3/c1-17-8-10-18(11-9-17)7-6-14-12-13-4-2-3-5-15(13)16-14/h2-5,14,16H,6-12H2,1H3. The molecule has 1 fully saturated rings. The highest BCUT2D eigenvalue weighted by Crippen LogP contribution is 2.26. The molecule has 1 aromatic rings. The second kappa shape index (κ2) is 5.29. The molecule has 0 bridgehead atoms. The van der Waals surface area contributed by atoms with Crippen molar-refractivity contribution in [2.24, 2.45) is 0 Å². The lowest BCUT2D eigenvalue weighted by Crippen LogP contribution is -2.45. The molecule has 98 valence electrons. The van der Waals surface area contributed by atoms with Crippen LogP contribution < -0.4 is 5.32 Å². The van der Waals surface area contributed by atoms with Gasteiger partial charge in [-0.05, 0) is 31.5 Å². The second-order valence-corrected chi connectivity index (χ2v) is 5.64. The van der Waals surface area contributed by atoms with Crippen LogP contribution in [0.5, 0.6) is 0 Å². The molecule has 2 heterocycles. The minimum Gasteiger partial charge on any atom is -0.382 e. The van der Waals surface area contributed by atoms with Crippen molar-refractivity contribution in [3.63, 3.8) is 0 Å². The summed E-state index contributed by atoms with van der Waals surface area (Å²) in [5.41, 5.74) is 2.83. The van der Waals surface area contributed by atoms with Gasteiger partial charge in [0.05, 0.1) is 0 Å². The molecule has 2 aliphatic rings. The first-order valence-corrected chi connectivity index (χ1v) is 7.06. The van der Waals surface area contributed by atoms with E-state index >= 15 is 0 Å². The van der Waals surface area contributed by atoms with Gasteiger partial charge < -0.3 is 15.1 Å². The first kappa shape index (κ1) is 12.0. The van der Waals surface area contributed by atoms with Crippen molar-refractivity contribution in [2.45, 2.75) is 18.9 Å². The normalized spacial score (nSPS) is 24.8. The van der Waals surface area contributed by atoms with Gasteiger partial charge in [-0.15, -0.1) is 0 Å². The summed E-state index contributed by atoms with van der Waals surface area (Å²) in [7, 11) is 2.21. The molecule has 1 N–H and O–H groups in total. The van der Waals surface area contributed by atoms with Crippen LogP contribution >= 0.6 is 0 Å². The Morgan fingerprint density at radius 1 is 1.17 bits per heavy atom. The van der Waals surface area contributed by atoms with Crippen LogP contribution in [0.4, 0.5) is 5.69 Å².